The number of sulfonamides is 1. The standard InChI is InChI=1S/C22H22F3N7O3S/c1-5-13-6-7-14-10-27-31(4)20(14)18(13)29-36(34,35)15-8-9-17(26-11-15)32-12-16(22(23,24)25)19(28-32)21(33)30(2)3/h6-12,29H,5H2,1-4H3. The zero-order chi connectivity index (χ0) is 26.4. The number of aryl methyl sites for hydroxylation is 2. The number of pyridine rings is 1. The minimum Gasteiger partial charge on any atom is -0.343 e. The number of alkyl halides is 3. The van der Waals surface area contributed by atoms with E-state index in [-0.39, 0.29) is 10.7 Å². The van der Waals surface area contributed by atoms with E-state index in [1.165, 1.54) is 26.2 Å². The first-order chi connectivity index (χ1) is 16.8. The molecule has 0 spiro atoms. The van der Waals surface area contributed by atoms with Gasteiger partial charge in [0.2, 0.25) is 0 Å². The average Bonchev–Trinajstić information content (AvgIpc) is 3.43. The van der Waals surface area contributed by atoms with Gasteiger partial charge in [-0.15, -0.1) is 0 Å². The summed E-state index contributed by atoms with van der Waals surface area (Å²) in [5.74, 6) is -1.03. The molecule has 4 aromatic rings. The maximum Gasteiger partial charge on any atom is 0.420 e. The number of rotatable bonds is 6. The predicted molar refractivity (Wildman–Crippen MR) is 125 cm³/mol. The lowest BCUT2D eigenvalue weighted by atomic mass is 10.1. The second kappa shape index (κ2) is 8.93. The molecule has 10 nitrogen and oxygen atoms in total. The van der Waals surface area contributed by atoms with Gasteiger partial charge < -0.3 is 4.90 Å². The van der Waals surface area contributed by atoms with Crippen LogP contribution in [0.25, 0.3) is 16.7 Å². The minimum atomic E-state index is -4.82. The highest BCUT2D eigenvalue weighted by Gasteiger charge is 2.39. The number of amides is 1. The lowest BCUT2D eigenvalue weighted by Crippen LogP contribution is -2.25. The summed E-state index contributed by atoms with van der Waals surface area (Å²) in [7, 11) is 0.209. The van der Waals surface area contributed by atoms with Crippen molar-refractivity contribution >= 4 is 32.5 Å². The third-order valence-electron chi connectivity index (χ3n) is 5.50. The summed E-state index contributed by atoms with van der Waals surface area (Å²) in [4.78, 5) is 17.0. The molecule has 1 N–H and O–H groups in total. The van der Waals surface area contributed by atoms with E-state index in [9.17, 15) is 26.4 Å². The Hall–Kier alpha value is -3.94. The molecule has 0 saturated heterocycles. The highest BCUT2D eigenvalue weighted by molar-refractivity contribution is 7.92. The second-order valence-electron chi connectivity index (χ2n) is 8.15. The van der Waals surface area contributed by atoms with Gasteiger partial charge in [-0.2, -0.15) is 23.4 Å². The Bertz CT molecular complexity index is 1560. The van der Waals surface area contributed by atoms with E-state index >= 15 is 0 Å². The molecule has 4 rings (SSSR count). The van der Waals surface area contributed by atoms with Gasteiger partial charge in [-0.1, -0.05) is 19.1 Å². The summed E-state index contributed by atoms with van der Waals surface area (Å²) in [5, 5.41) is 8.69. The first-order valence-corrected chi connectivity index (χ1v) is 12.1. The average molecular weight is 522 g/mol. The van der Waals surface area contributed by atoms with Gasteiger partial charge in [0, 0.05) is 38.9 Å². The molecule has 1 aromatic carbocycles. The highest BCUT2D eigenvalue weighted by atomic mass is 32.2. The van der Waals surface area contributed by atoms with Crippen LogP contribution in [0.4, 0.5) is 18.9 Å². The number of halogens is 3. The molecule has 0 atom stereocenters. The molecule has 3 heterocycles. The second-order valence-corrected chi connectivity index (χ2v) is 9.83. The fraction of sp³-hybridized carbons (Fsp3) is 0.273. The Labute approximate surface area is 204 Å². The molecule has 0 aliphatic heterocycles. The summed E-state index contributed by atoms with van der Waals surface area (Å²) >= 11 is 0. The Balaban J connectivity index is 1.70. The van der Waals surface area contributed by atoms with Crippen LogP contribution in [0.2, 0.25) is 0 Å². The van der Waals surface area contributed by atoms with Crippen molar-refractivity contribution in [3.8, 4) is 5.82 Å². The van der Waals surface area contributed by atoms with Crippen LogP contribution < -0.4 is 4.72 Å². The van der Waals surface area contributed by atoms with Crippen molar-refractivity contribution in [2.45, 2.75) is 24.4 Å². The van der Waals surface area contributed by atoms with Crippen LogP contribution in [0.5, 0.6) is 0 Å². The van der Waals surface area contributed by atoms with E-state index in [0.717, 1.165) is 26.7 Å². The fourth-order valence-electron chi connectivity index (χ4n) is 3.65. The lowest BCUT2D eigenvalue weighted by Gasteiger charge is -2.14. The largest absolute Gasteiger partial charge is 0.420 e. The van der Waals surface area contributed by atoms with Gasteiger partial charge in [-0.25, -0.2) is 18.1 Å². The van der Waals surface area contributed by atoms with Gasteiger partial charge in [0.15, 0.2) is 11.5 Å². The van der Waals surface area contributed by atoms with Gasteiger partial charge in [-0.3, -0.25) is 14.2 Å². The summed E-state index contributed by atoms with van der Waals surface area (Å²) in [6.07, 6.45) is -0.990. The number of carbonyl (C=O) groups is 1. The summed E-state index contributed by atoms with van der Waals surface area (Å²) in [6.45, 7) is 1.89. The van der Waals surface area contributed by atoms with Crippen LogP contribution in [0.1, 0.15) is 28.5 Å². The van der Waals surface area contributed by atoms with Gasteiger partial charge in [-0.05, 0) is 24.1 Å². The van der Waals surface area contributed by atoms with Crippen molar-refractivity contribution in [2.75, 3.05) is 18.8 Å². The summed E-state index contributed by atoms with van der Waals surface area (Å²) in [6, 6.07) is 6.06. The molecular weight excluding hydrogens is 499 g/mol. The Morgan fingerprint density at radius 3 is 2.44 bits per heavy atom. The molecule has 0 unspecified atom stereocenters. The number of fused-ring (bicyclic) bond motifs is 1. The van der Waals surface area contributed by atoms with Crippen molar-refractivity contribution in [3.05, 3.63) is 59.7 Å². The molecule has 0 aliphatic rings. The minimum absolute atomic E-state index is 0.0970. The first kappa shape index (κ1) is 25.2. The number of aromatic nitrogens is 5. The topological polar surface area (TPSA) is 115 Å². The van der Waals surface area contributed by atoms with E-state index in [1.54, 1.807) is 17.9 Å². The van der Waals surface area contributed by atoms with E-state index < -0.39 is 33.4 Å². The molecule has 190 valence electrons. The normalized spacial score (nSPS) is 12.2. The van der Waals surface area contributed by atoms with E-state index in [1.807, 2.05) is 19.1 Å². The molecule has 1 amide bonds. The number of nitrogens with one attached hydrogen (secondary N) is 1. The van der Waals surface area contributed by atoms with Crippen LogP contribution in [-0.4, -0.2) is 57.9 Å². The van der Waals surface area contributed by atoms with Crippen LogP contribution in [0.15, 0.2) is 47.8 Å². The molecule has 36 heavy (non-hydrogen) atoms. The number of anilines is 1. The van der Waals surface area contributed by atoms with Crippen LogP contribution in [0.3, 0.4) is 0 Å². The van der Waals surface area contributed by atoms with Gasteiger partial charge in [0.25, 0.3) is 15.9 Å². The highest BCUT2D eigenvalue weighted by Crippen LogP contribution is 2.33. The quantitative estimate of drug-likeness (QED) is 0.417. The Morgan fingerprint density at radius 1 is 1.14 bits per heavy atom. The van der Waals surface area contributed by atoms with E-state index in [0.29, 0.717) is 23.8 Å². The molecule has 0 radical (unpaired) electrons. The summed E-state index contributed by atoms with van der Waals surface area (Å²) in [5.41, 5.74) is -0.264. The zero-order valence-corrected chi connectivity index (χ0v) is 20.5. The van der Waals surface area contributed by atoms with Crippen LogP contribution in [-0.2, 0) is 29.7 Å². The fourth-order valence-corrected chi connectivity index (χ4v) is 4.70. The SMILES string of the molecule is CCc1ccc2cnn(C)c2c1NS(=O)(=O)c1ccc(-n2cc(C(F)(F)F)c(C(=O)N(C)C)n2)nc1. The first-order valence-electron chi connectivity index (χ1n) is 10.6. The van der Waals surface area contributed by atoms with Crippen LogP contribution >= 0.6 is 0 Å². The maximum absolute atomic E-state index is 13.5. The number of nitrogens with zero attached hydrogens (tertiary/aromatic N) is 6. The number of benzene rings is 1. The van der Waals surface area contributed by atoms with E-state index in [2.05, 4.69) is 19.9 Å². The molecule has 0 aliphatic carbocycles. The Kier molecular flexibility index (Phi) is 6.24. The maximum atomic E-state index is 13.5. The van der Waals surface area contributed by atoms with E-state index in [4.69, 9.17) is 0 Å². The third kappa shape index (κ3) is 4.51. The van der Waals surface area contributed by atoms with Gasteiger partial charge in [0.1, 0.15) is 10.5 Å². The number of carbonyl (C=O) groups excluding carboxylic acids is 1. The molecule has 14 heteroatoms. The predicted octanol–water partition coefficient (Wildman–Crippen LogP) is 3.24. The lowest BCUT2D eigenvalue weighted by molar-refractivity contribution is -0.138. The molecule has 0 fully saturated rings. The van der Waals surface area contributed by atoms with Gasteiger partial charge in [0.05, 0.1) is 17.4 Å². The molecular formula is C22H22F3N7O3S. The summed E-state index contributed by atoms with van der Waals surface area (Å²) < 4.78 is 71.6. The van der Waals surface area contributed by atoms with Crippen LogP contribution in [0, 0.1) is 0 Å². The zero-order valence-electron chi connectivity index (χ0n) is 19.7. The van der Waals surface area contributed by atoms with Crippen molar-refractivity contribution in [3.63, 3.8) is 0 Å². The number of hydrogen-bond donors (Lipinski definition) is 1. The number of hydrogen-bond acceptors (Lipinski definition) is 6. The molecule has 0 saturated carbocycles. The smallest absolute Gasteiger partial charge is 0.343 e. The Morgan fingerprint density at radius 2 is 1.86 bits per heavy atom. The molecule has 0 bridgehead atoms. The third-order valence-corrected chi connectivity index (χ3v) is 6.84. The van der Waals surface area contributed by atoms with Crippen molar-refractivity contribution in [1.29, 1.82) is 0 Å². The monoisotopic (exact) mass is 521 g/mol. The van der Waals surface area contributed by atoms with Crippen molar-refractivity contribution in [1.82, 2.24) is 29.4 Å². The van der Waals surface area contributed by atoms with Crippen molar-refractivity contribution < 1.29 is 26.4 Å². The van der Waals surface area contributed by atoms with Gasteiger partial charge >= 0.3 is 6.18 Å². The molecule has 3 aromatic heterocycles. The van der Waals surface area contributed by atoms with Crippen molar-refractivity contribution in [2.24, 2.45) is 7.05 Å².